The van der Waals surface area contributed by atoms with E-state index in [0.29, 0.717) is 32.7 Å². The average molecular weight is 407 g/mol. The van der Waals surface area contributed by atoms with Crippen LogP contribution in [0.1, 0.15) is 15.9 Å². The van der Waals surface area contributed by atoms with Crippen LogP contribution in [0.4, 0.5) is 10.1 Å². The molecule has 1 N–H and O–H groups in total. The van der Waals surface area contributed by atoms with E-state index < -0.39 is 11.7 Å². The molecular weight excluding hydrogens is 391 g/mol. The normalized spacial score (nSPS) is 10.9. The third kappa shape index (κ3) is 3.65. The smallest absolute Gasteiger partial charge is 0.262 e. The lowest BCUT2D eigenvalue weighted by atomic mass is 10.1. The SMILES string of the molecule is Cc1ccc(F)cc1NC(=O)c1cn(-c2ccc(Cl)cc2)c(=O)c2ccccc12. The number of halogens is 2. The van der Waals surface area contributed by atoms with Gasteiger partial charge in [-0.1, -0.05) is 35.9 Å². The first-order chi connectivity index (χ1) is 13.9. The van der Waals surface area contributed by atoms with Crippen LogP contribution in [0.5, 0.6) is 0 Å². The Morgan fingerprint density at radius 2 is 1.69 bits per heavy atom. The highest BCUT2D eigenvalue weighted by atomic mass is 35.5. The second-order valence-electron chi connectivity index (χ2n) is 6.65. The number of pyridine rings is 1. The van der Waals surface area contributed by atoms with Crippen LogP contribution in [0, 0.1) is 12.7 Å². The summed E-state index contributed by atoms with van der Waals surface area (Å²) in [6.07, 6.45) is 1.50. The number of nitrogens with one attached hydrogen (secondary N) is 1. The van der Waals surface area contributed by atoms with E-state index in [2.05, 4.69) is 5.32 Å². The van der Waals surface area contributed by atoms with Gasteiger partial charge in [0, 0.05) is 33.4 Å². The molecule has 4 nitrogen and oxygen atoms in total. The number of carbonyl (C=O) groups is 1. The minimum atomic E-state index is -0.443. The number of fused-ring (bicyclic) bond motifs is 1. The maximum atomic E-state index is 13.6. The molecule has 4 aromatic rings. The summed E-state index contributed by atoms with van der Waals surface area (Å²) in [5.74, 6) is -0.875. The van der Waals surface area contributed by atoms with E-state index in [4.69, 9.17) is 11.6 Å². The average Bonchev–Trinajstić information content (AvgIpc) is 2.72. The number of hydrogen-bond donors (Lipinski definition) is 1. The summed E-state index contributed by atoms with van der Waals surface area (Å²) in [5.41, 5.74) is 1.75. The lowest BCUT2D eigenvalue weighted by molar-refractivity contribution is 0.102. The molecular formula is C23H16ClFN2O2. The van der Waals surface area contributed by atoms with Gasteiger partial charge in [0.1, 0.15) is 5.82 Å². The van der Waals surface area contributed by atoms with Gasteiger partial charge >= 0.3 is 0 Å². The van der Waals surface area contributed by atoms with Crippen molar-refractivity contribution >= 4 is 34.0 Å². The number of hydrogen-bond acceptors (Lipinski definition) is 2. The molecule has 0 aliphatic carbocycles. The molecule has 1 heterocycles. The van der Waals surface area contributed by atoms with Crippen LogP contribution in [0.3, 0.4) is 0 Å². The largest absolute Gasteiger partial charge is 0.322 e. The van der Waals surface area contributed by atoms with Crippen molar-refractivity contribution in [3.63, 3.8) is 0 Å². The molecule has 1 aromatic heterocycles. The van der Waals surface area contributed by atoms with Crippen molar-refractivity contribution in [3.8, 4) is 5.69 Å². The zero-order valence-electron chi connectivity index (χ0n) is 15.4. The summed E-state index contributed by atoms with van der Waals surface area (Å²) in [4.78, 5) is 26.1. The minimum absolute atomic E-state index is 0.249. The number of benzene rings is 3. The molecule has 4 rings (SSSR count). The number of rotatable bonds is 3. The Morgan fingerprint density at radius 1 is 1.00 bits per heavy atom. The van der Waals surface area contributed by atoms with E-state index in [1.807, 2.05) is 0 Å². The van der Waals surface area contributed by atoms with Crippen molar-refractivity contribution in [2.24, 2.45) is 0 Å². The lowest BCUT2D eigenvalue weighted by Gasteiger charge is -2.14. The predicted octanol–water partition coefficient (Wildman–Crippen LogP) is 5.34. The van der Waals surface area contributed by atoms with E-state index >= 15 is 0 Å². The fraction of sp³-hybridized carbons (Fsp3) is 0.0435. The summed E-state index contributed by atoms with van der Waals surface area (Å²) in [7, 11) is 0. The third-order valence-electron chi connectivity index (χ3n) is 4.72. The molecule has 0 radical (unpaired) electrons. The van der Waals surface area contributed by atoms with Crippen LogP contribution in [0.15, 0.2) is 77.7 Å². The van der Waals surface area contributed by atoms with E-state index in [-0.39, 0.29) is 5.56 Å². The maximum Gasteiger partial charge on any atom is 0.262 e. The van der Waals surface area contributed by atoms with Gasteiger partial charge < -0.3 is 5.32 Å². The van der Waals surface area contributed by atoms with Gasteiger partial charge in [-0.15, -0.1) is 0 Å². The maximum absolute atomic E-state index is 13.6. The molecule has 0 saturated heterocycles. The fourth-order valence-corrected chi connectivity index (χ4v) is 3.31. The van der Waals surface area contributed by atoms with E-state index in [1.54, 1.807) is 61.5 Å². The van der Waals surface area contributed by atoms with Crippen LogP contribution in [0.25, 0.3) is 16.5 Å². The quantitative estimate of drug-likeness (QED) is 0.499. The van der Waals surface area contributed by atoms with Gasteiger partial charge in [-0.3, -0.25) is 14.2 Å². The number of aryl methyl sites for hydroxylation is 1. The van der Waals surface area contributed by atoms with Crippen LogP contribution >= 0.6 is 11.6 Å². The van der Waals surface area contributed by atoms with Gasteiger partial charge in [-0.25, -0.2) is 4.39 Å². The highest BCUT2D eigenvalue weighted by Crippen LogP contribution is 2.22. The van der Waals surface area contributed by atoms with E-state index in [1.165, 1.54) is 22.9 Å². The predicted molar refractivity (Wildman–Crippen MR) is 114 cm³/mol. The molecule has 6 heteroatoms. The molecule has 0 aliphatic heterocycles. The van der Waals surface area contributed by atoms with Crippen molar-refractivity contribution < 1.29 is 9.18 Å². The van der Waals surface area contributed by atoms with Crippen LogP contribution in [0.2, 0.25) is 5.02 Å². The van der Waals surface area contributed by atoms with Crippen molar-refractivity contribution in [2.75, 3.05) is 5.32 Å². The standard InChI is InChI=1S/C23H16ClFN2O2/c1-14-6-9-16(25)12-21(14)26-22(28)20-13-27(17-10-7-15(24)8-11-17)23(29)19-5-3-2-4-18(19)20/h2-13H,1H3,(H,26,28). The lowest BCUT2D eigenvalue weighted by Crippen LogP contribution is -2.22. The summed E-state index contributed by atoms with van der Waals surface area (Å²) in [6, 6.07) is 17.9. The molecule has 144 valence electrons. The van der Waals surface area contributed by atoms with Gasteiger partial charge in [0.05, 0.1) is 5.56 Å². The Balaban J connectivity index is 1.88. The van der Waals surface area contributed by atoms with Crippen LogP contribution < -0.4 is 10.9 Å². The third-order valence-corrected chi connectivity index (χ3v) is 4.97. The molecule has 0 aliphatic rings. The molecule has 0 saturated carbocycles. The van der Waals surface area contributed by atoms with Gasteiger partial charge in [0.25, 0.3) is 11.5 Å². The Hall–Kier alpha value is -3.44. The second kappa shape index (κ2) is 7.53. The molecule has 1 amide bonds. The Morgan fingerprint density at radius 3 is 2.41 bits per heavy atom. The van der Waals surface area contributed by atoms with Crippen molar-refractivity contribution in [2.45, 2.75) is 6.92 Å². The Bertz CT molecular complexity index is 1300. The molecule has 29 heavy (non-hydrogen) atoms. The number of anilines is 1. The zero-order valence-corrected chi connectivity index (χ0v) is 16.2. The number of aromatic nitrogens is 1. The molecule has 0 atom stereocenters. The molecule has 0 fully saturated rings. The van der Waals surface area contributed by atoms with Gasteiger partial charge in [0.15, 0.2) is 0 Å². The van der Waals surface area contributed by atoms with E-state index in [9.17, 15) is 14.0 Å². The highest BCUT2D eigenvalue weighted by molar-refractivity contribution is 6.30. The number of amides is 1. The summed E-state index contributed by atoms with van der Waals surface area (Å²) < 4.78 is 15.0. The summed E-state index contributed by atoms with van der Waals surface area (Å²) in [6.45, 7) is 1.78. The molecule has 3 aromatic carbocycles. The first kappa shape index (κ1) is 18.9. The minimum Gasteiger partial charge on any atom is -0.322 e. The summed E-state index contributed by atoms with van der Waals surface area (Å²) >= 11 is 5.95. The van der Waals surface area contributed by atoms with Gasteiger partial charge in [-0.2, -0.15) is 0 Å². The van der Waals surface area contributed by atoms with Crippen molar-refractivity contribution in [1.82, 2.24) is 4.57 Å². The number of nitrogens with zero attached hydrogens (tertiary/aromatic N) is 1. The topological polar surface area (TPSA) is 51.1 Å². The van der Waals surface area contributed by atoms with Gasteiger partial charge in [0.2, 0.25) is 0 Å². The molecule has 0 bridgehead atoms. The Kier molecular flexibility index (Phi) is 4.91. The zero-order chi connectivity index (χ0) is 20.5. The number of carbonyl (C=O) groups excluding carboxylic acids is 1. The first-order valence-corrected chi connectivity index (χ1v) is 9.30. The fourth-order valence-electron chi connectivity index (χ4n) is 3.18. The van der Waals surface area contributed by atoms with Crippen LogP contribution in [-0.4, -0.2) is 10.5 Å². The second-order valence-corrected chi connectivity index (χ2v) is 7.09. The highest BCUT2D eigenvalue weighted by Gasteiger charge is 2.16. The van der Waals surface area contributed by atoms with Gasteiger partial charge in [-0.05, 0) is 55.0 Å². The Labute approximate surface area is 171 Å². The molecule has 0 unspecified atom stereocenters. The van der Waals surface area contributed by atoms with Crippen molar-refractivity contribution in [3.05, 3.63) is 105 Å². The monoisotopic (exact) mass is 406 g/mol. The first-order valence-electron chi connectivity index (χ1n) is 8.92. The summed E-state index contributed by atoms with van der Waals surface area (Å²) in [5, 5.41) is 4.23. The van der Waals surface area contributed by atoms with Crippen LogP contribution in [-0.2, 0) is 0 Å². The van der Waals surface area contributed by atoms with Crippen molar-refractivity contribution in [1.29, 1.82) is 0 Å². The van der Waals surface area contributed by atoms with E-state index in [0.717, 1.165) is 5.56 Å². The molecule has 0 spiro atoms.